The first-order chi connectivity index (χ1) is 3.39. The quantitative estimate of drug-likeness (QED) is 0.447. The zero-order valence-electron chi connectivity index (χ0n) is 3.76. The topological polar surface area (TPSA) is 0 Å². The van der Waals surface area contributed by atoms with E-state index in [1.165, 1.54) is 12.1 Å². The zero-order valence-corrected chi connectivity index (χ0v) is 3.76. The van der Waals surface area contributed by atoms with Crippen LogP contribution in [0.25, 0.3) is 0 Å². The minimum Gasteiger partial charge on any atom is -0.207 e. The molecule has 0 aliphatic rings. The molecule has 0 saturated carbocycles. The normalized spacial score (nSPS) is 7.62. The molecule has 42 valence electrons. The Kier molecular flexibility index (Phi) is 3.51. The molecule has 0 saturated heterocycles. The summed E-state index contributed by atoms with van der Waals surface area (Å²) >= 11 is 0. The van der Waals surface area contributed by atoms with Crippen molar-refractivity contribution in [3.63, 3.8) is 0 Å². The monoisotopic (exact) mass is 126 g/mol. The standard InChI is InChI=1S/C6H5F.Al.3H/c7-6-4-2-1-3-5-6;;;;/h1-5H;;;;. The van der Waals surface area contributed by atoms with Crippen molar-refractivity contribution in [1.29, 1.82) is 0 Å². The number of hydrogen-bond acceptors (Lipinski definition) is 0. The molecule has 8 heavy (non-hydrogen) atoms. The molecule has 0 radical (unpaired) electrons. The van der Waals surface area contributed by atoms with Crippen LogP contribution >= 0.6 is 0 Å². The van der Waals surface area contributed by atoms with E-state index in [0.29, 0.717) is 0 Å². The van der Waals surface area contributed by atoms with Gasteiger partial charge < -0.3 is 0 Å². The third kappa shape index (κ3) is 2.11. The highest BCUT2D eigenvalue weighted by Crippen LogP contribution is 1.91. The van der Waals surface area contributed by atoms with Crippen molar-refractivity contribution in [2.45, 2.75) is 0 Å². The van der Waals surface area contributed by atoms with Crippen molar-refractivity contribution in [1.82, 2.24) is 0 Å². The molecule has 0 amide bonds. The third-order valence-electron chi connectivity index (χ3n) is 0.733. The van der Waals surface area contributed by atoms with Gasteiger partial charge in [-0.1, -0.05) is 18.2 Å². The van der Waals surface area contributed by atoms with E-state index in [-0.39, 0.29) is 23.2 Å². The second-order valence-electron chi connectivity index (χ2n) is 1.30. The van der Waals surface area contributed by atoms with Gasteiger partial charge in [-0.05, 0) is 12.1 Å². The van der Waals surface area contributed by atoms with E-state index in [1.54, 1.807) is 18.2 Å². The highest BCUT2D eigenvalue weighted by Gasteiger charge is 1.77. The van der Waals surface area contributed by atoms with Crippen LogP contribution in [0.2, 0.25) is 0 Å². The molecular weight excluding hydrogens is 118 g/mol. The Bertz CT molecular complexity index is 138. The average Bonchev–Trinajstić information content (AvgIpc) is 1.69. The molecule has 0 nitrogen and oxygen atoms in total. The van der Waals surface area contributed by atoms with E-state index in [2.05, 4.69) is 0 Å². The summed E-state index contributed by atoms with van der Waals surface area (Å²) in [4.78, 5) is 0. The van der Waals surface area contributed by atoms with Gasteiger partial charge in [0, 0.05) is 0 Å². The highest BCUT2D eigenvalue weighted by atomic mass is 27.0. The average molecular weight is 126 g/mol. The fourth-order valence-corrected chi connectivity index (χ4v) is 0.415. The van der Waals surface area contributed by atoms with Crippen molar-refractivity contribution in [2.24, 2.45) is 0 Å². The first-order valence-electron chi connectivity index (χ1n) is 2.10. The lowest BCUT2D eigenvalue weighted by molar-refractivity contribution is 0.628. The first-order valence-corrected chi connectivity index (χ1v) is 2.10. The molecule has 0 bridgehead atoms. The van der Waals surface area contributed by atoms with Gasteiger partial charge in [-0.3, -0.25) is 0 Å². The van der Waals surface area contributed by atoms with Gasteiger partial charge in [-0.15, -0.1) is 0 Å². The lowest BCUT2D eigenvalue weighted by atomic mass is 10.4. The van der Waals surface area contributed by atoms with Crippen molar-refractivity contribution < 1.29 is 4.39 Å². The summed E-state index contributed by atoms with van der Waals surface area (Å²) in [6, 6.07) is 7.94. The molecule has 2 heteroatoms. The minimum absolute atomic E-state index is 0. The van der Waals surface area contributed by atoms with Gasteiger partial charge in [0.1, 0.15) is 5.82 Å². The Balaban J connectivity index is 0.000000490. The molecule has 0 N–H and O–H groups in total. The first kappa shape index (κ1) is 7.68. The third-order valence-corrected chi connectivity index (χ3v) is 0.733. The van der Waals surface area contributed by atoms with Crippen LogP contribution in [-0.2, 0) is 0 Å². The molecule has 0 atom stereocenters. The number of hydrogen-bond donors (Lipinski definition) is 0. The van der Waals surface area contributed by atoms with Crippen molar-refractivity contribution in [3.8, 4) is 0 Å². The molecule has 0 heterocycles. The second-order valence-corrected chi connectivity index (χ2v) is 1.30. The van der Waals surface area contributed by atoms with Gasteiger partial charge in [0.25, 0.3) is 0 Å². The summed E-state index contributed by atoms with van der Waals surface area (Å²) in [5.41, 5.74) is 0. The molecule has 0 spiro atoms. The van der Waals surface area contributed by atoms with Gasteiger partial charge in [0.05, 0.1) is 0 Å². The van der Waals surface area contributed by atoms with E-state index in [0.717, 1.165) is 0 Å². The second kappa shape index (κ2) is 3.66. The van der Waals surface area contributed by atoms with Crippen molar-refractivity contribution in [2.75, 3.05) is 0 Å². The Hall–Kier alpha value is -0.318. The predicted octanol–water partition coefficient (Wildman–Crippen LogP) is 0.642. The molecule has 0 aliphatic carbocycles. The van der Waals surface area contributed by atoms with Gasteiger partial charge in [-0.2, -0.15) is 0 Å². The van der Waals surface area contributed by atoms with Crippen LogP contribution in [0.5, 0.6) is 0 Å². The lowest BCUT2D eigenvalue weighted by Crippen LogP contribution is -1.63. The maximum atomic E-state index is 11.9. The van der Waals surface area contributed by atoms with Crippen LogP contribution in [0, 0.1) is 5.82 Å². The fraction of sp³-hybridized carbons (Fsp3) is 0. The SMILES string of the molecule is Fc1ccccc1.[AlH3]. The van der Waals surface area contributed by atoms with Crippen molar-refractivity contribution >= 4 is 17.4 Å². The van der Waals surface area contributed by atoms with E-state index in [1.807, 2.05) is 0 Å². The summed E-state index contributed by atoms with van der Waals surface area (Å²) in [6.45, 7) is 0. The fourth-order valence-electron chi connectivity index (χ4n) is 0.415. The molecule has 0 fully saturated rings. The molecule has 0 aromatic heterocycles. The van der Waals surface area contributed by atoms with Crippen LogP contribution in [0.4, 0.5) is 4.39 Å². The Labute approximate surface area is 58.5 Å². The van der Waals surface area contributed by atoms with Crippen molar-refractivity contribution in [3.05, 3.63) is 36.1 Å². The maximum Gasteiger partial charge on any atom is 0.187 e. The Morgan fingerprint density at radius 1 is 1.00 bits per heavy atom. The zero-order chi connectivity index (χ0) is 5.11. The van der Waals surface area contributed by atoms with Crippen LogP contribution in [0.1, 0.15) is 0 Å². The van der Waals surface area contributed by atoms with Gasteiger partial charge in [-0.25, -0.2) is 4.39 Å². The smallest absolute Gasteiger partial charge is 0.187 e. The van der Waals surface area contributed by atoms with Gasteiger partial charge >= 0.3 is 0 Å². The Morgan fingerprint density at radius 3 is 1.75 bits per heavy atom. The number of benzene rings is 1. The van der Waals surface area contributed by atoms with E-state index in [9.17, 15) is 4.39 Å². The summed E-state index contributed by atoms with van der Waals surface area (Å²) in [5.74, 6) is -0.178. The summed E-state index contributed by atoms with van der Waals surface area (Å²) in [7, 11) is 0. The van der Waals surface area contributed by atoms with Gasteiger partial charge in [0.15, 0.2) is 17.4 Å². The Morgan fingerprint density at radius 2 is 1.50 bits per heavy atom. The molecule has 0 unspecified atom stereocenters. The summed E-state index contributed by atoms with van der Waals surface area (Å²) in [5, 5.41) is 0. The van der Waals surface area contributed by atoms with E-state index in [4.69, 9.17) is 0 Å². The minimum atomic E-state index is -0.178. The largest absolute Gasteiger partial charge is 0.207 e. The molecule has 1 aromatic carbocycles. The van der Waals surface area contributed by atoms with Crippen LogP contribution < -0.4 is 0 Å². The lowest BCUT2D eigenvalue weighted by Gasteiger charge is -1.78. The molecule has 1 rings (SSSR count). The summed E-state index contributed by atoms with van der Waals surface area (Å²) < 4.78 is 11.9. The van der Waals surface area contributed by atoms with Crippen LogP contribution in [0.15, 0.2) is 30.3 Å². The summed E-state index contributed by atoms with van der Waals surface area (Å²) in [6.07, 6.45) is 0. The van der Waals surface area contributed by atoms with Gasteiger partial charge in [0.2, 0.25) is 0 Å². The van der Waals surface area contributed by atoms with Crippen LogP contribution in [-0.4, -0.2) is 17.4 Å². The molecular formula is C6H8AlF. The number of halogens is 1. The van der Waals surface area contributed by atoms with E-state index >= 15 is 0 Å². The molecule has 0 aliphatic heterocycles. The van der Waals surface area contributed by atoms with E-state index < -0.39 is 0 Å². The predicted molar refractivity (Wildman–Crippen MR) is 36.3 cm³/mol. The molecule has 1 aromatic rings. The highest BCUT2D eigenvalue weighted by molar-refractivity contribution is 5.75. The number of rotatable bonds is 0. The van der Waals surface area contributed by atoms with Crippen LogP contribution in [0.3, 0.4) is 0 Å². The maximum absolute atomic E-state index is 11.9.